The Hall–Kier alpha value is -2.03. The summed E-state index contributed by atoms with van der Waals surface area (Å²) in [6.45, 7) is 6.19. The van der Waals surface area contributed by atoms with Crippen molar-refractivity contribution in [2.75, 3.05) is 0 Å². The molecule has 0 spiro atoms. The number of hydrogen-bond acceptors (Lipinski definition) is 2. The van der Waals surface area contributed by atoms with Gasteiger partial charge in [-0.05, 0) is 24.3 Å². The van der Waals surface area contributed by atoms with Crippen LogP contribution in [0.15, 0.2) is 36.4 Å². The summed E-state index contributed by atoms with van der Waals surface area (Å²) in [6, 6.07) is 11.1. The molecule has 0 aliphatic rings. The highest BCUT2D eigenvalue weighted by atomic mass is 16.3. The Labute approximate surface area is 119 Å². The van der Waals surface area contributed by atoms with Crippen molar-refractivity contribution in [3.63, 3.8) is 0 Å². The lowest BCUT2D eigenvalue weighted by Crippen LogP contribution is -2.36. The number of rotatable bonds is 4. The van der Waals surface area contributed by atoms with Gasteiger partial charge in [-0.15, -0.1) is 0 Å². The van der Waals surface area contributed by atoms with Crippen LogP contribution in [0, 0.1) is 5.92 Å². The number of phenolic OH excluding ortho intramolecular Hbond substituents is 1. The number of aromatic hydroxyl groups is 1. The van der Waals surface area contributed by atoms with Gasteiger partial charge in [0.2, 0.25) is 0 Å². The zero-order valence-corrected chi connectivity index (χ0v) is 12.2. The molecule has 2 unspecified atom stereocenters. The Morgan fingerprint density at radius 2 is 1.90 bits per heavy atom. The van der Waals surface area contributed by atoms with Gasteiger partial charge in [-0.25, -0.2) is 0 Å². The first kappa shape index (κ1) is 14.4. The maximum Gasteiger partial charge on any atom is 0.255 e. The standard InChI is InChI=1S/C17H21NO2/c1-4-11(2)12(3)18-17(20)15-10-9-13-7-5-6-8-14(13)16(15)19/h5-12,19H,4H2,1-3H3,(H,18,20). The van der Waals surface area contributed by atoms with Gasteiger partial charge >= 0.3 is 0 Å². The lowest BCUT2D eigenvalue weighted by molar-refractivity contribution is 0.0925. The maximum absolute atomic E-state index is 12.3. The average molecular weight is 271 g/mol. The molecule has 0 radical (unpaired) electrons. The van der Waals surface area contributed by atoms with Crippen LogP contribution < -0.4 is 5.32 Å². The van der Waals surface area contributed by atoms with Crippen LogP contribution in [0.5, 0.6) is 5.75 Å². The molecule has 3 heteroatoms. The van der Waals surface area contributed by atoms with Crippen LogP contribution in [0.3, 0.4) is 0 Å². The molecule has 106 valence electrons. The first-order valence-corrected chi connectivity index (χ1v) is 7.06. The number of carbonyl (C=O) groups is 1. The summed E-state index contributed by atoms with van der Waals surface area (Å²) in [5.74, 6) is 0.236. The van der Waals surface area contributed by atoms with E-state index in [1.807, 2.05) is 37.3 Å². The van der Waals surface area contributed by atoms with Crippen LogP contribution in [0.4, 0.5) is 0 Å². The Bertz CT molecular complexity index is 621. The molecule has 2 atom stereocenters. The molecule has 0 aliphatic carbocycles. The van der Waals surface area contributed by atoms with E-state index in [1.165, 1.54) is 0 Å². The van der Waals surface area contributed by atoms with Crippen LogP contribution in [-0.2, 0) is 0 Å². The maximum atomic E-state index is 12.3. The molecule has 3 nitrogen and oxygen atoms in total. The molecule has 0 aromatic heterocycles. The van der Waals surface area contributed by atoms with Gasteiger partial charge in [0.1, 0.15) is 5.75 Å². The minimum absolute atomic E-state index is 0.0527. The minimum atomic E-state index is -0.221. The summed E-state index contributed by atoms with van der Waals surface area (Å²) in [6.07, 6.45) is 1.01. The lowest BCUT2D eigenvalue weighted by Gasteiger charge is -2.20. The van der Waals surface area contributed by atoms with Crippen LogP contribution in [0.2, 0.25) is 0 Å². The summed E-state index contributed by atoms with van der Waals surface area (Å²) in [7, 11) is 0. The first-order chi connectivity index (χ1) is 9.54. The van der Waals surface area contributed by atoms with Gasteiger partial charge in [-0.3, -0.25) is 4.79 Å². The Balaban J connectivity index is 2.29. The van der Waals surface area contributed by atoms with E-state index in [9.17, 15) is 9.90 Å². The van der Waals surface area contributed by atoms with E-state index in [1.54, 1.807) is 6.07 Å². The molecule has 0 fully saturated rings. The predicted octanol–water partition coefficient (Wildman–Crippen LogP) is 3.71. The van der Waals surface area contributed by atoms with E-state index in [-0.39, 0.29) is 17.7 Å². The molecule has 0 heterocycles. The van der Waals surface area contributed by atoms with Crippen molar-refractivity contribution in [1.82, 2.24) is 5.32 Å². The van der Waals surface area contributed by atoms with Gasteiger partial charge in [-0.1, -0.05) is 50.6 Å². The summed E-state index contributed by atoms with van der Waals surface area (Å²) in [4.78, 5) is 12.3. The molecule has 2 N–H and O–H groups in total. The summed E-state index contributed by atoms with van der Waals surface area (Å²) in [5, 5.41) is 14.9. The third kappa shape index (κ3) is 2.77. The molecule has 0 bridgehead atoms. The topological polar surface area (TPSA) is 49.3 Å². The summed E-state index contributed by atoms with van der Waals surface area (Å²) >= 11 is 0. The van der Waals surface area contributed by atoms with Crippen molar-refractivity contribution in [3.05, 3.63) is 42.0 Å². The second-order valence-electron chi connectivity index (χ2n) is 5.33. The Morgan fingerprint density at radius 3 is 2.60 bits per heavy atom. The zero-order chi connectivity index (χ0) is 14.7. The van der Waals surface area contributed by atoms with Gasteiger partial charge in [0.05, 0.1) is 5.56 Å². The highest BCUT2D eigenvalue weighted by Gasteiger charge is 2.18. The number of phenols is 1. The molecule has 0 aliphatic heterocycles. The van der Waals surface area contributed by atoms with Gasteiger partial charge in [-0.2, -0.15) is 0 Å². The quantitative estimate of drug-likeness (QED) is 0.890. The molecule has 1 amide bonds. The molecular formula is C17H21NO2. The number of fused-ring (bicyclic) bond motifs is 1. The van der Waals surface area contributed by atoms with Crippen molar-refractivity contribution >= 4 is 16.7 Å². The highest BCUT2D eigenvalue weighted by Crippen LogP contribution is 2.28. The zero-order valence-electron chi connectivity index (χ0n) is 12.2. The molecule has 0 saturated heterocycles. The molecule has 2 aromatic carbocycles. The first-order valence-electron chi connectivity index (χ1n) is 7.06. The molecular weight excluding hydrogens is 250 g/mol. The molecule has 0 saturated carbocycles. The molecule has 20 heavy (non-hydrogen) atoms. The van der Waals surface area contributed by atoms with Crippen molar-refractivity contribution in [1.29, 1.82) is 0 Å². The van der Waals surface area contributed by atoms with E-state index >= 15 is 0 Å². The van der Waals surface area contributed by atoms with Crippen molar-refractivity contribution in [2.45, 2.75) is 33.2 Å². The second-order valence-corrected chi connectivity index (χ2v) is 5.33. The normalized spacial score (nSPS) is 13.9. The summed E-state index contributed by atoms with van der Waals surface area (Å²) < 4.78 is 0. The van der Waals surface area contributed by atoms with Crippen LogP contribution >= 0.6 is 0 Å². The van der Waals surface area contributed by atoms with E-state index in [2.05, 4.69) is 19.2 Å². The summed E-state index contributed by atoms with van der Waals surface area (Å²) in [5.41, 5.74) is 0.332. The van der Waals surface area contributed by atoms with E-state index in [0.717, 1.165) is 11.8 Å². The number of hydrogen-bond donors (Lipinski definition) is 2. The van der Waals surface area contributed by atoms with Crippen LogP contribution in [0.25, 0.3) is 10.8 Å². The third-order valence-electron chi connectivity index (χ3n) is 4.00. The van der Waals surface area contributed by atoms with Gasteiger partial charge in [0.25, 0.3) is 5.91 Å². The number of carbonyl (C=O) groups excluding carboxylic acids is 1. The fraction of sp³-hybridized carbons (Fsp3) is 0.353. The number of benzene rings is 2. The fourth-order valence-corrected chi connectivity index (χ4v) is 2.22. The minimum Gasteiger partial charge on any atom is -0.506 e. The predicted molar refractivity (Wildman–Crippen MR) is 82.0 cm³/mol. The van der Waals surface area contributed by atoms with Crippen molar-refractivity contribution in [2.24, 2.45) is 5.92 Å². The lowest BCUT2D eigenvalue weighted by atomic mass is 10.00. The van der Waals surface area contributed by atoms with Gasteiger partial charge in [0.15, 0.2) is 0 Å². The third-order valence-corrected chi connectivity index (χ3v) is 4.00. The monoisotopic (exact) mass is 271 g/mol. The fourth-order valence-electron chi connectivity index (χ4n) is 2.22. The van der Waals surface area contributed by atoms with E-state index < -0.39 is 0 Å². The largest absolute Gasteiger partial charge is 0.506 e. The number of amides is 1. The smallest absolute Gasteiger partial charge is 0.255 e. The van der Waals surface area contributed by atoms with E-state index in [0.29, 0.717) is 16.9 Å². The second kappa shape index (κ2) is 5.95. The molecule has 2 aromatic rings. The Kier molecular flexibility index (Phi) is 4.28. The SMILES string of the molecule is CCC(C)C(C)NC(=O)c1ccc2ccccc2c1O. The van der Waals surface area contributed by atoms with Gasteiger partial charge in [0, 0.05) is 11.4 Å². The van der Waals surface area contributed by atoms with Crippen molar-refractivity contribution < 1.29 is 9.90 Å². The average Bonchev–Trinajstić information content (AvgIpc) is 2.46. The van der Waals surface area contributed by atoms with Crippen LogP contribution in [0.1, 0.15) is 37.6 Å². The number of nitrogens with one attached hydrogen (secondary N) is 1. The van der Waals surface area contributed by atoms with Gasteiger partial charge < -0.3 is 10.4 Å². The van der Waals surface area contributed by atoms with E-state index in [4.69, 9.17) is 0 Å². The van der Waals surface area contributed by atoms with Crippen molar-refractivity contribution in [3.8, 4) is 5.75 Å². The Morgan fingerprint density at radius 1 is 1.20 bits per heavy atom. The molecule has 2 rings (SSSR count). The van der Waals surface area contributed by atoms with Crippen LogP contribution in [-0.4, -0.2) is 17.1 Å². The highest BCUT2D eigenvalue weighted by molar-refractivity contribution is 6.03.